The smallest absolute Gasteiger partial charge is 0.128 e. The van der Waals surface area contributed by atoms with Crippen molar-refractivity contribution < 1.29 is 8.78 Å². The minimum absolute atomic E-state index is 0.111. The summed E-state index contributed by atoms with van der Waals surface area (Å²) in [4.78, 5) is 0. The third-order valence-corrected chi connectivity index (χ3v) is 2.66. The largest absolute Gasteiger partial charge is 0.397 e. The van der Waals surface area contributed by atoms with E-state index in [1.807, 2.05) is 6.07 Å². The number of hydrogen-bond donors (Lipinski definition) is 2. The maximum atomic E-state index is 13.4. The Hall–Kier alpha value is -2.61. The number of hydrogen-bond acceptors (Lipinski definition) is 3. The van der Waals surface area contributed by atoms with Crippen molar-refractivity contribution in [3.05, 3.63) is 59.2 Å². The molecule has 0 atom stereocenters. The lowest BCUT2D eigenvalue weighted by molar-refractivity contribution is 0.587. The van der Waals surface area contributed by atoms with E-state index in [0.717, 1.165) is 18.2 Å². The number of nitrogens with one attached hydrogen (secondary N) is 1. The molecule has 0 bridgehead atoms. The van der Waals surface area contributed by atoms with Gasteiger partial charge < -0.3 is 11.1 Å². The molecule has 3 nitrogen and oxygen atoms in total. The first-order valence-corrected chi connectivity index (χ1v) is 5.57. The van der Waals surface area contributed by atoms with Crippen LogP contribution in [0.2, 0.25) is 0 Å². The molecule has 0 saturated heterocycles. The van der Waals surface area contributed by atoms with Crippen LogP contribution >= 0.6 is 0 Å². The van der Waals surface area contributed by atoms with Gasteiger partial charge in [0.15, 0.2) is 0 Å². The molecule has 0 aliphatic carbocycles. The fourth-order valence-electron chi connectivity index (χ4n) is 1.66. The van der Waals surface area contributed by atoms with Crippen LogP contribution in [0.1, 0.15) is 11.1 Å². The highest BCUT2D eigenvalue weighted by Crippen LogP contribution is 2.21. The number of anilines is 2. The van der Waals surface area contributed by atoms with Crippen LogP contribution in [-0.2, 0) is 6.54 Å². The molecule has 3 N–H and O–H groups in total. The Kier molecular flexibility index (Phi) is 3.62. The number of nitrogens with two attached hydrogens (primary N) is 1. The zero-order chi connectivity index (χ0) is 13.8. The van der Waals surface area contributed by atoms with Crippen molar-refractivity contribution in [1.82, 2.24) is 0 Å². The van der Waals surface area contributed by atoms with Gasteiger partial charge in [0.05, 0.1) is 23.0 Å². The lowest BCUT2D eigenvalue weighted by Crippen LogP contribution is -2.04. The van der Waals surface area contributed by atoms with Gasteiger partial charge in [0.1, 0.15) is 11.6 Å². The van der Waals surface area contributed by atoms with Crippen LogP contribution in [0.5, 0.6) is 0 Å². The van der Waals surface area contributed by atoms with Crippen molar-refractivity contribution in [3.63, 3.8) is 0 Å². The summed E-state index contributed by atoms with van der Waals surface area (Å²) >= 11 is 0. The molecular weight excluding hydrogens is 248 g/mol. The average molecular weight is 259 g/mol. The van der Waals surface area contributed by atoms with Gasteiger partial charge in [-0.1, -0.05) is 0 Å². The summed E-state index contributed by atoms with van der Waals surface area (Å²) in [5, 5.41) is 11.6. The highest BCUT2D eigenvalue weighted by molar-refractivity contribution is 5.68. The van der Waals surface area contributed by atoms with Gasteiger partial charge in [-0.15, -0.1) is 0 Å². The van der Waals surface area contributed by atoms with E-state index >= 15 is 0 Å². The maximum absolute atomic E-state index is 13.4. The summed E-state index contributed by atoms with van der Waals surface area (Å²) in [7, 11) is 0. The first-order chi connectivity index (χ1) is 9.10. The summed E-state index contributed by atoms with van der Waals surface area (Å²) in [5.74, 6) is -0.980. The molecule has 2 aromatic carbocycles. The number of rotatable bonds is 3. The molecule has 0 heterocycles. The second kappa shape index (κ2) is 5.36. The highest BCUT2D eigenvalue weighted by Gasteiger charge is 2.05. The average Bonchev–Trinajstić information content (AvgIpc) is 2.40. The van der Waals surface area contributed by atoms with Crippen LogP contribution in [0.3, 0.4) is 0 Å². The van der Waals surface area contributed by atoms with Gasteiger partial charge in [-0.25, -0.2) is 8.78 Å². The van der Waals surface area contributed by atoms with Crippen LogP contribution in [0.4, 0.5) is 20.2 Å². The van der Waals surface area contributed by atoms with E-state index in [2.05, 4.69) is 5.32 Å². The number of nitrogen functional groups attached to an aromatic ring is 1. The van der Waals surface area contributed by atoms with E-state index in [1.165, 1.54) is 6.07 Å². The van der Waals surface area contributed by atoms with Crippen LogP contribution in [0, 0.1) is 23.0 Å². The standard InChI is InChI=1S/C14H11F2N3/c15-11-2-3-12(16)10(6-11)8-19-14-4-1-9(7-17)5-13(14)18/h1-6,19H,8,18H2. The van der Waals surface area contributed by atoms with Crippen LogP contribution in [0.25, 0.3) is 0 Å². The molecule has 96 valence electrons. The number of nitriles is 1. The first kappa shape index (κ1) is 12.8. The fraction of sp³-hybridized carbons (Fsp3) is 0.0714. The molecule has 0 spiro atoms. The summed E-state index contributed by atoms with van der Waals surface area (Å²) in [5.41, 5.74) is 7.36. The molecule has 0 aliphatic heterocycles. The maximum Gasteiger partial charge on any atom is 0.128 e. The monoisotopic (exact) mass is 259 g/mol. The van der Waals surface area contributed by atoms with Gasteiger partial charge >= 0.3 is 0 Å². The van der Waals surface area contributed by atoms with E-state index in [-0.39, 0.29) is 12.1 Å². The van der Waals surface area contributed by atoms with E-state index in [4.69, 9.17) is 11.0 Å². The first-order valence-electron chi connectivity index (χ1n) is 5.57. The van der Waals surface area contributed by atoms with Crippen molar-refractivity contribution in [1.29, 1.82) is 5.26 Å². The molecule has 2 aromatic rings. The van der Waals surface area contributed by atoms with Gasteiger partial charge in [0.25, 0.3) is 0 Å². The molecule has 0 aliphatic rings. The zero-order valence-corrected chi connectivity index (χ0v) is 9.95. The normalized spacial score (nSPS) is 9.95. The molecule has 0 amide bonds. The summed E-state index contributed by atoms with van der Waals surface area (Å²) < 4.78 is 26.4. The molecule has 0 saturated carbocycles. The predicted molar refractivity (Wildman–Crippen MR) is 69.3 cm³/mol. The predicted octanol–water partition coefficient (Wildman–Crippen LogP) is 3.03. The van der Waals surface area contributed by atoms with E-state index in [1.54, 1.807) is 12.1 Å². The Morgan fingerprint density at radius 3 is 2.63 bits per heavy atom. The van der Waals surface area contributed by atoms with Gasteiger partial charge in [-0.05, 0) is 36.4 Å². The molecule has 0 fully saturated rings. The summed E-state index contributed by atoms with van der Waals surface area (Å²) in [6, 6.07) is 9.98. The van der Waals surface area contributed by atoms with Gasteiger partial charge in [-0.2, -0.15) is 5.26 Å². The van der Waals surface area contributed by atoms with Crippen molar-refractivity contribution >= 4 is 11.4 Å². The highest BCUT2D eigenvalue weighted by atomic mass is 19.1. The Morgan fingerprint density at radius 1 is 1.16 bits per heavy atom. The van der Waals surface area contributed by atoms with Crippen molar-refractivity contribution in [2.45, 2.75) is 6.54 Å². The molecule has 5 heteroatoms. The summed E-state index contributed by atoms with van der Waals surface area (Å²) in [6.45, 7) is 0.111. The Bertz CT molecular complexity index is 648. The molecule has 0 unspecified atom stereocenters. The van der Waals surface area contributed by atoms with E-state index in [9.17, 15) is 8.78 Å². The number of nitrogens with zero attached hydrogens (tertiary/aromatic N) is 1. The van der Waals surface area contributed by atoms with Gasteiger partial charge in [0, 0.05) is 12.1 Å². The Balaban J connectivity index is 2.15. The second-order valence-electron chi connectivity index (χ2n) is 4.00. The SMILES string of the molecule is N#Cc1ccc(NCc2cc(F)ccc2F)c(N)c1. The Labute approximate surface area is 109 Å². The van der Waals surface area contributed by atoms with Crippen molar-refractivity contribution in [2.24, 2.45) is 0 Å². The minimum Gasteiger partial charge on any atom is -0.397 e. The zero-order valence-electron chi connectivity index (χ0n) is 9.95. The number of halogens is 2. The summed E-state index contributed by atoms with van der Waals surface area (Å²) in [6.07, 6.45) is 0. The third-order valence-electron chi connectivity index (χ3n) is 2.66. The van der Waals surface area contributed by atoms with Crippen LogP contribution in [-0.4, -0.2) is 0 Å². The third kappa shape index (κ3) is 2.99. The minimum atomic E-state index is -0.494. The fourth-order valence-corrected chi connectivity index (χ4v) is 1.66. The van der Waals surface area contributed by atoms with Gasteiger partial charge in [-0.3, -0.25) is 0 Å². The van der Waals surface area contributed by atoms with E-state index < -0.39 is 11.6 Å². The van der Waals surface area contributed by atoms with Crippen molar-refractivity contribution in [3.8, 4) is 6.07 Å². The molecule has 19 heavy (non-hydrogen) atoms. The van der Waals surface area contributed by atoms with Crippen LogP contribution in [0.15, 0.2) is 36.4 Å². The quantitative estimate of drug-likeness (QED) is 0.833. The van der Waals surface area contributed by atoms with Crippen molar-refractivity contribution in [2.75, 3.05) is 11.1 Å². The second-order valence-corrected chi connectivity index (χ2v) is 4.00. The molecule has 0 aromatic heterocycles. The lowest BCUT2D eigenvalue weighted by Gasteiger charge is -2.10. The molecule has 0 radical (unpaired) electrons. The molecular formula is C14H11F2N3. The van der Waals surface area contributed by atoms with E-state index in [0.29, 0.717) is 16.9 Å². The number of benzene rings is 2. The lowest BCUT2D eigenvalue weighted by atomic mass is 10.1. The Morgan fingerprint density at radius 2 is 1.95 bits per heavy atom. The van der Waals surface area contributed by atoms with Crippen LogP contribution < -0.4 is 11.1 Å². The van der Waals surface area contributed by atoms with Gasteiger partial charge in [0.2, 0.25) is 0 Å². The topological polar surface area (TPSA) is 61.8 Å². The molecule has 2 rings (SSSR count).